The fourth-order valence-electron chi connectivity index (χ4n) is 2.37. The van der Waals surface area contributed by atoms with E-state index >= 15 is 0 Å². The molecule has 148 valence electrons. The molecule has 0 heterocycles. The first-order chi connectivity index (χ1) is 13.0. The maximum Gasteiger partial charge on any atom is 0.331 e. The van der Waals surface area contributed by atoms with Gasteiger partial charge in [0.2, 0.25) is 12.8 Å². The number of benzene rings is 1. The summed E-state index contributed by atoms with van der Waals surface area (Å²) >= 11 is 0. The molecule has 2 N–H and O–H groups in total. The minimum absolute atomic E-state index is 0.295. The fourth-order valence-corrected chi connectivity index (χ4v) is 2.37. The van der Waals surface area contributed by atoms with Crippen LogP contribution in [-0.2, 0) is 30.6 Å². The molecule has 0 aliphatic carbocycles. The monoisotopic (exact) mass is 378 g/mol. The van der Waals surface area contributed by atoms with Crippen molar-refractivity contribution >= 4 is 18.8 Å². The average molecular weight is 378 g/mol. The molecular weight excluding hydrogens is 352 g/mol. The Balaban J connectivity index is 2.35. The molecule has 2 unspecified atom stereocenters. The molecule has 0 saturated carbocycles. The average Bonchev–Trinajstić information content (AvgIpc) is 2.70. The maximum atomic E-state index is 11.6. The summed E-state index contributed by atoms with van der Waals surface area (Å²) in [5.41, 5.74) is 1.35. The Morgan fingerprint density at radius 1 is 1.30 bits per heavy atom. The highest BCUT2D eigenvalue weighted by Crippen LogP contribution is 2.14. The van der Waals surface area contributed by atoms with E-state index in [0.29, 0.717) is 50.8 Å². The van der Waals surface area contributed by atoms with Crippen LogP contribution >= 0.6 is 0 Å². The van der Waals surface area contributed by atoms with E-state index in [1.807, 2.05) is 30.3 Å². The summed E-state index contributed by atoms with van der Waals surface area (Å²) in [5.74, 6) is -0.753. The van der Waals surface area contributed by atoms with Crippen LogP contribution in [0, 0.1) is 0 Å². The van der Waals surface area contributed by atoms with E-state index in [4.69, 9.17) is 4.84 Å². The van der Waals surface area contributed by atoms with Crippen LogP contribution in [0.25, 0.3) is 0 Å². The minimum Gasteiger partial charge on any atom is -0.467 e. The van der Waals surface area contributed by atoms with Crippen LogP contribution in [0.5, 0.6) is 0 Å². The van der Waals surface area contributed by atoms with Crippen molar-refractivity contribution in [1.29, 1.82) is 0 Å². The molecule has 0 fully saturated rings. The van der Waals surface area contributed by atoms with Crippen LogP contribution in [0.4, 0.5) is 0 Å². The number of aliphatic hydroxyl groups excluding tert-OH is 1. The van der Waals surface area contributed by atoms with Gasteiger partial charge in [0.25, 0.3) is 0 Å². The zero-order valence-corrected chi connectivity index (χ0v) is 15.4. The lowest BCUT2D eigenvalue weighted by molar-refractivity contribution is -0.177. The summed E-state index contributed by atoms with van der Waals surface area (Å²) in [6.07, 6.45) is 1.34. The first-order valence-electron chi connectivity index (χ1n) is 8.55. The van der Waals surface area contributed by atoms with Crippen LogP contribution in [0.3, 0.4) is 0 Å². The Morgan fingerprint density at radius 3 is 2.59 bits per heavy atom. The van der Waals surface area contributed by atoms with Crippen molar-refractivity contribution in [2.45, 2.75) is 38.0 Å². The standard InChI is InChI=1S/C19H26N2O6/c1-15(18(24)17(20-13-22)19(25)26-2)8-6-7-11-21(14-23)27-12-16-9-4-3-5-10-16/h3-5,9-10,13-14,17-18,24H,1,6-8,11-12H2,2H3,(H,20,22). The lowest BCUT2D eigenvalue weighted by Gasteiger charge is -2.22. The number of nitrogens with one attached hydrogen (secondary N) is 1. The number of aliphatic hydroxyl groups is 1. The Hall–Kier alpha value is -2.71. The summed E-state index contributed by atoms with van der Waals surface area (Å²) in [6, 6.07) is 8.29. The Morgan fingerprint density at radius 2 is 2.00 bits per heavy atom. The number of nitrogens with zero attached hydrogens (tertiary/aromatic N) is 1. The summed E-state index contributed by atoms with van der Waals surface area (Å²) in [4.78, 5) is 38.7. The van der Waals surface area contributed by atoms with E-state index in [-0.39, 0.29) is 0 Å². The smallest absolute Gasteiger partial charge is 0.331 e. The number of unbranched alkanes of at least 4 members (excludes halogenated alkanes) is 1. The van der Waals surface area contributed by atoms with Crippen LogP contribution in [0.1, 0.15) is 24.8 Å². The Bertz CT molecular complexity index is 607. The number of hydroxylamine groups is 2. The molecule has 1 aromatic rings. The number of rotatable bonds is 14. The second-order valence-corrected chi connectivity index (χ2v) is 5.85. The van der Waals surface area contributed by atoms with Crippen molar-refractivity contribution in [3.8, 4) is 0 Å². The number of carbonyl (C=O) groups is 3. The number of carbonyl (C=O) groups excluding carboxylic acids is 3. The van der Waals surface area contributed by atoms with Crippen molar-refractivity contribution < 1.29 is 29.1 Å². The first kappa shape index (κ1) is 22.3. The third-order valence-electron chi connectivity index (χ3n) is 3.92. The molecule has 1 aromatic carbocycles. The molecule has 0 aliphatic heterocycles. The van der Waals surface area contributed by atoms with Crippen molar-refractivity contribution in [1.82, 2.24) is 10.4 Å². The molecule has 0 bridgehead atoms. The normalized spacial score (nSPS) is 12.5. The molecule has 2 amide bonds. The second-order valence-electron chi connectivity index (χ2n) is 5.85. The number of hydrogen-bond donors (Lipinski definition) is 2. The third kappa shape index (κ3) is 8.02. The highest BCUT2D eigenvalue weighted by molar-refractivity contribution is 5.79. The van der Waals surface area contributed by atoms with E-state index in [0.717, 1.165) is 5.56 Å². The molecule has 8 nitrogen and oxygen atoms in total. The molecule has 0 aromatic heterocycles. The molecule has 27 heavy (non-hydrogen) atoms. The highest BCUT2D eigenvalue weighted by Gasteiger charge is 2.28. The van der Waals surface area contributed by atoms with Crippen molar-refractivity contribution in [2.75, 3.05) is 13.7 Å². The Kier molecular flexibility index (Phi) is 10.4. The topological polar surface area (TPSA) is 105 Å². The Labute approximate surface area is 158 Å². The zero-order chi connectivity index (χ0) is 20.1. The van der Waals surface area contributed by atoms with Crippen LogP contribution < -0.4 is 5.32 Å². The summed E-state index contributed by atoms with van der Waals surface area (Å²) in [7, 11) is 1.17. The lowest BCUT2D eigenvalue weighted by Crippen LogP contribution is -2.46. The second kappa shape index (κ2) is 12.6. The molecule has 0 spiro atoms. The minimum atomic E-state index is -1.25. The summed E-state index contributed by atoms with van der Waals surface area (Å²) in [5, 5.41) is 13.6. The van der Waals surface area contributed by atoms with Gasteiger partial charge in [-0.3, -0.25) is 14.4 Å². The quantitative estimate of drug-likeness (QED) is 0.164. The van der Waals surface area contributed by atoms with Gasteiger partial charge in [0.15, 0.2) is 6.04 Å². The summed E-state index contributed by atoms with van der Waals surface area (Å²) in [6.45, 7) is 4.44. The van der Waals surface area contributed by atoms with E-state index < -0.39 is 18.1 Å². The van der Waals surface area contributed by atoms with E-state index in [9.17, 15) is 19.5 Å². The predicted octanol–water partition coefficient (Wildman–Crippen LogP) is 0.952. The number of esters is 1. The van der Waals surface area contributed by atoms with Gasteiger partial charge in [-0.1, -0.05) is 36.9 Å². The van der Waals surface area contributed by atoms with E-state index in [2.05, 4.69) is 16.6 Å². The van der Waals surface area contributed by atoms with Crippen LogP contribution in [-0.4, -0.2) is 54.8 Å². The van der Waals surface area contributed by atoms with Gasteiger partial charge in [0.1, 0.15) is 12.7 Å². The van der Waals surface area contributed by atoms with Gasteiger partial charge < -0.3 is 15.2 Å². The molecular formula is C19H26N2O6. The van der Waals surface area contributed by atoms with Crippen LogP contribution in [0.15, 0.2) is 42.5 Å². The van der Waals surface area contributed by atoms with E-state index in [1.165, 1.54) is 12.2 Å². The van der Waals surface area contributed by atoms with Crippen molar-refractivity contribution in [2.24, 2.45) is 0 Å². The summed E-state index contributed by atoms with van der Waals surface area (Å²) < 4.78 is 4.55. The van der Waals surface area contributed by atoms with Gasteiger partial charge >= 0.3 is 5.97 Å². The molecule has 0 radical (unpaired) electrons. The molecule has 0 aliphatic rings. The van der Waals surface area contributed by atoms with Crippen molar-refractivity contribution in [3.63, 3.8) is 0 Å². The molecule has 8 heteroatoms. The van der Waals surface area contributed by atoms with Gasteiger partial charge in [-0.25, -0.2) is 9.86 Å². The maximum absolute atomic E-state index is 11.6. The molecule has 0 saturated heterocycles. The van der Waals surface area contributed by atoms with E-state index in [1.54, 1.807) is 0 Å². The predicted molar refractivity (Wildman–Crippen MR) is 98.0 cm³/mol. The largest absolute Gasteiger partial charge is 0.467 e. The lowest BCUT2D eigenvalue weighted by atomic mass is 9.99. The fraction of sp³-hybridized carbons (Fsp3) is 0.421. The van der Waals surface area contributed by atoms with Gasteiger partial charge in [-0.15, -0.1) is 0 Å². The van der Waals surface area contributed by atoms with Gasteiger partial charge in [0.05, 0.1) is 7.11 Å². The SMILES string of the molecule is C=C(CCCCN(C=O)OCc1ccccc1)C(O)C(NC=O)C(=O)OC. The van der Waals surface area contributed by atoms with Gasteiger partial charge in [-0.2, -0.15) is 0 Å². The third-order valence-corrected chi connectivity index (χ3v) is 3.92. The number of ether oxygens (including phenoxy) is 1. The molecule has 1 rings (SSSR count). The zero-order valence-electron chi connectivity index (χ0n) is 15.4. The first-order valence-corrected chi connectivity index (χ1v) is 8.55. The molecule has 2 atom stereocenters. The number of hydrogen-bond acceptors (Lipinski definition) is 6. The number of amides is 2. The van der Waals surface area contributed by atoms with Gasteiger partial charge in [-0.05, 0) is 30.4 Å². The van der Waals surface area contributed by atoms with Gasteiger partial charge in [0, 0.05) is 6.54 Å². The highest BCUT2D eigenvalue weighted by atomic mass is 16.7. The number of methoxy groups -OCH3 is 1. The van der Waals surface area contributed by atoms with Crippen LogP contribution in [0.2, 0.25) is 0 Å². The van der Waals surface area contributed by atoms with Crippen molar-refractivity contribution in [3.05, 3.63) is 48.0 Å².